The van der Waals surface area contributed by atoms with Gasteiger partial charge in [0.05, 0.1) is 0 Å². The predicted octanol–water partition coefficient (Wildman–Crippen LogP) is 2.09. The van der Waals surface area contributed by atoms with Gasteiger partial charge in [-0.2, -0.15) is 0 Å². The van der Waals surface area contributed by atoms with Crippen LogP contribution in [-0.4, -0.2) is 45.4 Å². The van der Waals surface area contributed by atoms with Gasteiger partial charge in [-0.15, -0.1) is 0 Å². The van der Waals surface area contributed by atoms with E-state index in [0.717, 1.165) is 16.5 Å². The van der Waals surface area contributed by atoms with E-state index in [2.05, 4.69) is 4.72 Å². The van der Waals surface area contributed by atoms with Crippen LogP contribution in [-0.2, 0) is 30.9 Å². The maximum atomic E-state index is 12.1. The Bertz CT molecular complexity index is 954. The van der Waals surface area contributed by atoms with Crippen molar-refractivity contribution in [3.63, 3.8) is 0 Å². The highest BCUT2D eigenvalue weighted by Crippen LogP contribution is 2.06. The topological polar surface area (TPSA) is 92.8 Å². The summed E-state index contributed by atoms with van der Waals surface area (Å²) in [5.41, 5.74) is 2.79. The van der Waals surface area contributed by atoms with Crippen LogP contribution in [0, 0.1) is 6.92 Å². The third kappa shape index (κ3) is 8.28. The van der Waals surface area contributed by atoms with Crippen molar-refractivity contribution in [3.8, 4) is 0 Å². The zero-order valence-electron chi connectivity index (χ0n) is 16.4. The Labute approximate surface area is 171 Å². The number of likely N-dealkylation sites (N-methyl/N-ethyl adjacent to an activating group) is 1. The number of esters is 1. The molecule has 1 amide bonds. The summed E-state index contributed by atoms with van der Waals surface area (Å²) in [7, 11) is -2.20. The first-order valence-corrected chi connectivity index (χ1v) is 10.5. The summed E-state index contributed by atoms with van der Waals surface area (Å²) in [6.07, 6.45) is 1.41. The van der Waals surface area contributed by atoms with Gasteiger partial charge < -0.3 is 9.64 Å². The molecule has 8 heteroatoms. The molecule has 29 heavy (non-hydrogen) atoms. The first-order valence-electron chi connectivity index (χ1n) is 8.93. The first-order chi connectivity index (χ1) is 13.7. The third-order valence-corrected chi connectivity index (χ3v) is 5.02. The van der Waals surface area contributed by atoms with Crippen LogP contribution in [0.5, 0.6) is 0 Å². The minimum absolute atomic E-state index is 0.383. The maximum absolute atomic E-state index is 12.1. The number of aryl methyl sites for hydroxylation is 1. The van der Waals surface area contributed by atoms with Crippen molar-refractivity contribution < 1.29 is 22.7 Å². The van der Waals surface area contributed by atoms with Crippen LogP contribution >= 0.6 is 0 Å². The molecule has 0 bridgehead atoms. The van der Waals surface area contributed by atoms with Gasteiger partial charge >= 0.3 is 5.97 Å². The second-order valence-electron chi connectivity index (χ2n) is 6.48. The summed E-state index contributed by atoms with van der Waals surface area (Å²) < 4.78 is 30.8. The first kappa shape index (κ1) is 22.3. The highest BCUT2D eigenvalue weighted by atomic mass is 32.2. The van der Waals surface area contributed by atoms with Crippen LogP contribution in [0.3, 0.4) is 0 Å². The van der Waals surface area contributed by atoms with E-state index in [9.17, 15) is 18.0 Å². The Morgan fingerprint density at radius 1 is 1.07 bits per heavy atom. The quantitative estimate of drug-likeness (QED) is 0.632. The number of carbonyl (C=O) groups is 2. The van der Waals surface area contributed by atoms with Gasteiger partial charge in [0.2, 0.25) is 10.0 Å². The summed E-state index contributed by atoms with van der Waals surface area (Å²) >= 11 is 0. The fourth-order valence-electron chi connectivity index (χ4n) is 2.30. The number of benzene rings is 2. The van der Waals surface area contributed by atoms with E-state index < -0.39 is 29.1 Å². The number of nitrogens with one attached hydrogen (secondary N) is 1. The molecule has 0 aromatic heterocycles. The SMILES string of the molecule is Cc1ccc(CN(C)C(=O)COC(=O)CNS(=O)(=O)/C=C/c2ccccc2)cc1. The molecule has 0 aliphatic heterocycles. The standard InChI is InChI=1S/C21H24N2O5S/c1-17-8-10-19(11-9-17)15-23(2)20(24)16-28-21(25)14-22-29(26,27)13-12-18-6-4-3-5-7-18/h3-13,22H,14-16H2,1-2H3/b13-12+. The van der Waals surface area contributed by atoms with Gasteiger partial charge in [-0.1, -0.05) is 60.2 Å². The van der Waals surface area contributed by atoms with E-state index in [1.54, 1.807) is 31.3 Å². The Morgan fingerprint density at radius 2 is 1.72 bits per heavy atom. The normalized spacial score (nSPS) is 11.4. The van der Waals surface area contributed by atoms with Crippen LogP contribution in [0.2, 0.25) is 0 Å². The molecule has 2 rings (SSSR count). The smallest absolute Gasteiger partial charge is 0.321 e. The number of ether oxygens (including phenoxy) is 1. The molecule has 2 aromatic rings. The molecule has 7 nitrogen and oxygen atoms in total. The molecule has 0 unspecified atom stereocenters. The predicted molar refractivity (Wildman–Crippen MR) is 111 cm³/mol. The van der Waals surface area contributed by atoms with E-state index in [1.165, 1.54) is 11.0 Å². The van der Waals surface area contributed by atoms with Gasteiger partial charge in [0.25, 0.3) is 5.91 Å². The number of hydrogen-bond acceptors (Lipinski definition) is 5. The lowest BCUT2D eigenvalue weighted by molar-refractivity contribution is -0.150. The minimum atomic E-state index is -3.80. The number of amides is 1. The zero-order chi connectivity index (χ0) is 21.3. The Balaban J connectivity index is 1.74. The largest absolute Gasteiger partial charge is 0.455 e. The van der Waals surface area contributed by atoms with Gasteiger partial charge in [-0.25, -0.2) is 13.1 Å². The Kier molecular flexibility index (Phi) is 8.11. The Hall–Kier alpha value is -2.97. The van der Waals surface area contributed by atoms with E-state index >= 15 is 0 Å². The fourth-order valence-corrected chi connectivity index (χ4v) is 3.05. The number of hydrogen-bond donors (Lipinski definition) is 1. The lowest BCUT2D eigenvalue weighted by Crippen LogP contribution is -2.34. The van der Waals surface area contributed by atoms with Crippen molar-refractivity contribution in [2.45, 2.75) is 13.5 Å². The monoisotopic (exact) mass is 416 g/mol. The molecule has 2 aromatic carbocycles. The molecule has 154 valence electrons. The van der Waals surface area contributed by atoms with E-state index in [1.807, 2.05) is 37.3 Å². The molecule has 0 saturated carbocycles. The van der Waals surface area contributed by atoms with Gasteiger partial charge in [0.15, 0.2) is 6.61 Å². The second kappa shape index (κ2) is 10.5. The summed E-state index contributed by atoms with van der Waals surface area (Å²) in [6.45, 7) is 1.34. The molecule has 0 aliphatic carbocycles. The molecule has 0 radical (unpaired) electrons. The van der Waals surface area contributed by atoms with Crippen molar-refractivity contribution >= 4 is 28.0 Å². The minimum Gasteiger partial charge on any atom is -0.455 e. The molecular formula is C21H24N2O5S. The van der Waals surface area contributed by atoms with Crippen molar-refractivity contribution in [1.82, 2.24) is 9.62 Å². The number of sulfonamides is 1. The average Bonchev–Trinajstić information content (AvgIpc) is 2.71. The molecule has 0 heterocycles. The van der Waals surface area contributed by atoms with E-state index in [4.69, 9.17) is 4.74 Å². The maximum Gasteiger partial charge on any atom is 0.321 e. The van der Waals surface area contributed by atoms with Crippen molar-refractivity contribution in [2.75, 3.05) is 20.2 Å². The number of carbonyl (C=O) groups excluding carboxylic acids is 2. The molecule has 0 atom stereocenters. The highest BCUT2D eigenvalue weighted by Gasteiger charge is 2.14. The summed E-state index contributed by atoms with van der Waals surface area (Å²) in [5, 5.41) is 0.968. The van der Waals surface area contributed by atoms with Crippen LogP contribution in [0.25, 0.3) is 6.08 Å². The highest BCUT2D eigenvalue weighted by molar-refractivity contribution is 7.92. The number of nitrogens with zero attached hydrogens (tertiary/aromatic N) is 1. The number of rotatable bonds is 9. The van der Waals surface area contributed by atoms with Crippen molar-refractivity contribution in [2.24, 2.45) is 0 Å². The van der Waals surface area contributed by atoms with Crippen LogP contribution in [0.15, 0.2) is 60.0 Å². The second-order valence-corrected chi connectivity index (χ2v) is 8.13. The molecule has 0 aliphatic rings. The Morgan fingerprint density at radius 3 is 2.38 bits per heavy atom. The lowest BCUT2D eigenvalue weighted by atomic mass is 10.1. The van der Waals surface area contributed by atoms with Crippen LogP contribution in [0.4, 0.5) is 0 Å². The summed E-state index contributed by atoms with van der Waals surface area (Å²) in [4.78, 5) is 25.3. The summed E-state index contributed by atoms with van der Waals surface area (Å²) in [6, 6.07) is 16.6. The molecular weight excluding hydrogens is 392 g/mol. The molecule has 0 saturated heterocycles. The van der Waals surface area contributed by atoms with E-state index in [-0.39, 0.29) is 5.91 Å². The van der Waals surface area contributed by atoms with Crippen LogP contribution < -0.4 is 4.72 Å². The molecule has 0 fully saturated rings. The molecule has 1 N–H and O–H groups in total. The van der Waals surface area contributed by atoms with Gasteiger partial charge in [-0.05, 0) is 24.1 Å². The van der Waals surface area contributed by atoms with Crippen molar-refractivity contribution in [1.29, 1.82) is 0 Å². The molecule has 0 spiro atoms. The zero-order valence-corrected chi connectivity index (χ0v) is 17.2. The lowest BCUT2D eigenvalue weighted by Gasteiger charge is -2.17. The third-order valence-electron chi connectivity index (χ3n) is 3.98. The van der Waals surface area contributed by atoms with Gasteiger partial charge in [0.1, 0.15) is 6.54 Å². The fraction of sp³-hybridized carbons (Fsp3) is 0.238. The average molecular weight is 416 g/mol. The van der Waals surface area contributed by atoms with Gasteiger partial charge in [0, 0.05) is 19.0 Å². The van der Waals surface area contributed by atoms with Crippen LogP contribution in [0.1, 0.15) is 16.7 Å². The van der Waals surface area contributed by atoms with E-state index in [0.29, 0.717) is 12.1 Å². The van der Waals surface area contributed by atoms with Crippen molar-refractivity contribution in [3.05, 3.63) is 76.7 Å². The van der Waals surface area contributed by atoms with Gasteiger partial charge in [-0.3, -0.25) is 9.59 Å². The summed E-state index contributed by atoms with van der Waals surface area (Å²) in [5.74, 6) is -1.22.